The summed E-state index contributed by atoms with van der Waals surface area (Å²) in [6.07, 6.45) is 0. The van der Waals surface area contributed by atoms with Crippen LogP contribution in [0.2, 0.25) is 0 Å². The smallest absolute Gasteiger partial charge is 0.146 e. The molecule has 0 N–H and O–H groups in total. The molecule has 2 nitrogen and oxygen atoms in total. The van der Waals surface area contributed by atoms with E-state index < -0.39 is 0 Å². The zero-order valence-corrected chi connectivity index (χ0v) is 11.2. The van der Waals surface area contributed by atoms with Crippen molar-refractivity contribution in [2.24, 2.45) is 0 Å². The van der Waals surface area contributed by atoms with Crippen LogP contribution in [0.15, 0.2) is 63.5 Å². The van der Waals surface area contributed by atoms with E-state index in [0.29, 0.717) is 6.61 Å². The number of furan rings is 1. The maximum atomic E-state index is 5.71. The van der Waals surface area contributed by atoms with Gasteiger partial charge in [0.25, 0.3) is 0 Å². The Balaban J connectivity index is 1.79. The Labute approximate surface area is 113 Å². The Morgan fingerprint density at radius 2 is 1.78 bits per heavy atom. The Hall–Kier alpha value is -1.74. The van der Waals surface area contributed by atoms with Gasteiger partial charge in [-0.2, -0.15) is 0 Å². The molecule has 1 aromatic heterocycles. The van der Waals surface area contributed by atoms with Crippen molar-refractivity contribution in [3.63, 3.8) is 0 Å². The van der Waals surface area contributed by atoms with E-state index in [0.717, 1.165) is 27.0 Å². The van der Waals surface area contributed by atoms with Crippen molar-refractivity contribution >= 4 is 26.9 Å². The van der Waals surface area contributed by atoms with Gasteiger partial charge in [0, 0.05) is 5.39 Å². The van der Waals surface area contributed by atoms with Gasteiger partial charge in [0.1, 0.15) is 23.7 Å². The standard InChI is InChI=1S/C15H11BrO2/c16-13-6-2-4-8-15(13)17-10-12-9-11-5-1-3-7-14(11)18-12/h1-9H,10H2. The van der Waals surface area contributed by atoms with E-state index in [2.05, 4.69) is 15.9 Å². The van der Waals surface area contributed by atoms with Gasteiger partial charge in [0.15, 0.2) is 0 Å². The van der Waals surface area contributed by atoms with Gasteiger partial charge in [-0.1, -0.05) is 30.3 Å². The van der Waals surface area contributed by atoms with E-state index in [4.69, 9.17) is 9.15 Å². The van der Waals surface area contributed by atoms with E-state index >= 15 is 0 Å². The van der Waals surface area contributed by atoms with E-state index in [1.54, 1.807) is 0 Å². The first-order chi connectivity index (χ1) is 8.83. The average Bonchev–Trinajstić information content (AvgIpc) is 2.80. The fourth-order valence-electron chi connectivity index (χ4n) is 1.82. The lowest BCUT2D eigenvalue weighted by Crippen LogP contribution is -1.93. The Bertz CT molecular complexity index is 640. The first kappa shape index (κ1) is 11.4. The minimum Gasteiger partial charge on any atom is -0.484 e. The second-order valence-corrected chi connectivity index (χ2v) is 4.82. The SMILES string of the molecule is Brc1ccccc1OCc1cc2ccccc2o1. The van der Waals surface area contributed by atoms with Crippen molar-refractivity contribution in [2.75, 3.05) is 0 Å². The number of benzene rings is 2. The third-order valence-electron chi connectivity index (χ3n) is 2.68. The monoisotopic (exact) mass is 302 g/mol. The predicted molar refractivity (Wildman–Crippen MR) is 74.7 cm³/mol. The van der Waals surface area contributed by atoms with Crippen LogP contribution in [0, 0.1) is 0 Å². The minimum absolute atomic E-state index is 0.428. The van der Waals surface area contributed by atoms with Gasteiger partial charge in [-0.3, -0.25) is 0 Å². The third-order valence-corrected chi connectivity index (χ3v) is 3.34. The van der Waals surface area contributed by atoms with Crippen molar-refractivity contribution in [1.29, 1.82) is 0 Å². The van der Waals surface area contributed by atoms with Crippen LogP contribution in [0.25, 0.3) is 11.0 Å². The molecule has 18 heavy (non-hydrogen) atoms. The molecule has 0 fully saturated rings. The quantitative estimate of drug-likeness (QED) is 0.695. The molecule has 0 atom stereocenters. The maximum absolute atomic E-state index is 5.71. The molecule has 0 amide bonds. The molecular formula is C15H11BrO2. The van der Waals surface area contributed by atoms with Gasteiger partial charge in [0.2, 0.25) is 0 Å². The van der Waals surface area contributed by atoms with Crippen LogP contribution in [0.3, 0.4) is 0 Å². The summed E-state index contributed by atoms with van der Waals surface area (Å²) in [7, 11) is 0. The number of ether oxygens (including phenoxy) is 1. The average molecular weight is 303 g/mol. The second-order valence-electron chi connectivity index (χ2n) is 3.97. The van der Waals surface area contributed by atoms with Gasteiger partial charge in [-0.15, -0.1) is 0 Å². The Morgan fingerprint density at radius 3 is 2.61 bits per heavy atom. The van der Waals surface area contributed by atoms with Crippen LogP contribution in [0.1, 0.15) is 5.76 Å². The van der Waals surface area contributed by atoms with Crippen molar-refractivity contribution in [1.82, 2.24) is 0 Å². The molecule has 0 aliphatic carbocycles. The largest absolute Gasteiger partial charge is 0.484 e. The Kier molecular flexibility index (Phi) is 3.07. The van der Waals surface area contributed by atoms with Crippen molar-refractivity contribution in [2.45, 2.75) is 6.61 Å². The molecule has 2 aromatic carbocycles. The highest BCUT2D eigenvalue weighted by Gasteiger charge is 2.05. The number of para-hydroxylation sites is 2. The number of rotatable bonds is 3. The van der Waals surface area contributed by atoms with E-state index in [1.165, 1.54) is 0 Å². The molecule has 1 heterocycles. The molecule has 0 radical (unpaired) electrons. The van der Waals surface area contributed by atoms with E-state index in [1.807, 2.05) is 54.6 Å². The van der Waals surface area contributed by atoms with Crippen LogP contribution in [0.4, 0.5) is 0 Å². The number of hydrogen-bond donors (Lipinski definition) is 0. The molecule has 0 spiro atoms. The summed E-state index contributed by atoms with van der Waals surface area (Å²) in [6.45, 7) is 0.428. The fourth-order valence-corrected chi connectivity index (χ4v) is 2.22. The van der Waals surface area contributed by atoms with E-state index in [-0.39, 0.29) is 0 Å². The molecule has 3 heteroatoms. The van der Waals surface area contributed by atoms with Gasteiger partial charge in [-0.05, 0) is 40.2 Å². The molecule has 3 aromatic rings. The molecule has 0 bridgehead atoms. The highest BCUT2D eigenvalue weighted by Crippen LogP contribution is 2.26. The normalized spacial score (nSPS) is 10.7. The molecule has 3 rings (SSSR count). The van der Waals surface area contributed by atoms with Crippen LogP contribution in [-0.2, 0) is 6.61 Å². The van der Waals surface area contributed by atoms with Crippen LogP contribution >= 0.6 is 15.9 Å². The maximum Gasteiger partial charge on any atom is 0.146 e. The molecule has 0 aliphatic heterocycles. The molecule has 0 aliphatic rings. The summed E-state index contributed by atoms with van der Waals surface area (Å²) in [4.78, 5) is 0. The number of halogens is 1. The summed E-state index contributed by atoms with van der Waals surface area (Å²) in [6, 6.07) is 17.7. The topological polar surface area (TPSA) is 22.4 Å². The first-order valence-corrected chi connectivity index (χ1v) is 6.47. The summed E-state index contributed by atoms with van der Waals surface area (Å²) >= 11 is 3.45. The summed E-state index contributed by atoms with van der Waals surface area (Å²) < 4.78 is 12.3. The van der Waals surface area contributed by atoms with Crippen molar-refractivity contribution in [3.8, 4) is 5.75 Å². The highest BCUT2D eigenvalue weighted by molar-refractivity contribution is 9.10. The fraction of sp³-hybridized carbons (Fsp3) is 0.0667. The molecule has 0 saturated carbocycles. The second kappa shape index (κ2) is 4.86. The molecular weight excluding hydrogens is 292 g/mol. The van der Waals surface area contributed by atoms with Crippen LogP contribution < -0.4 is 4.74 Å². The zero-order chi connectivity index (χ0) is 12.4. The number of fused-ring (bicyclic) bond motifs is 1. The van der Waals surface area contributed by atoms with Gasteiger partial charge < -0.3 is 9.15 Å². The van der Waals surface area contributed by atoms with Crippen LogP contribution in [0.5, 0.6) is 5.75 Å². The third kappa shape index (κ3) is 2.27. The predicted octanol–water partition coefficient (Wildman–Crippen LogP) is 4.77. The zero-order valence-electron chi connectivity index (χ0n) is 9.60. The molecule has 90 valence electrons. The molecule has 0 unspecified atom stereocenters. The lowest BCUT2D eigenvalue weighted by Gasteiger charge is -2.05. The van der Waals surface area contributed by atoms with Gasteiger partial charge >= 0.3 is 0 Å². The van der Waals surface area contributed by atoms with Gasteiger partial charge in [-0.25, -0.2) is 0 Å². The minimum atomic E-state index is 0.428. The van der Waals surface area contributed by atoms with Gasteiger partial charge in [0.05, 0.1) is 4.47 Å². The lowest BCUT2D eigenvalue weighted by atomic mass is 10.2. The first-order valence-electron chi connectivity index (χ1n) is 5.68. The number of hydrogen-bond acceptors (Lipinski definition) is 2. The Morgan fingerprint density at radius 1 is 1.00 bits per heavy atom. The summed E-state index contributed by atoms with van der Waals surface area (Å²) in [5.41, 5.74) is 0.892. The molecule has 0 saturated heterocycles. The highest BCUT2D eigenvalue weighted by atomic mass is 79.9. The van der Waals surface area contributed by atoms with Crippen molar-refractivity contribution < 1.29 is 9.15 Å². The summed E-state index contributed by atoms with van der Waals surface area (Å²) in [5, 5.41) is 1.10. The summed E-state index contributed by atoms with van der Waals surface area (Å²) in [5.74, 6) is 1.64. The van der Waals surface area contributed by atoms with Crippen molar-refractivity contribution in [3.05, 3.63) is 64.8 Å². The lowest BCUT2D eigenvalue weighted by molar-refractivity contribution is 0.273. The van der Waals surface area contributed by atoms with Crippen LogP contribution in [-0.4, -0.2) is 0 Å². The van der Waals surface area contributed by atoms with E-state index in [9.17, 15) is 0 Å².